The molecule has 0 aliphatic carbocycles. The number of imidazole rings is 1. The topological polar surface area (TPSA) is 80.7 Å². The number of hydrogen-bond acceptors (Lipinski definition) is 3. The van der Waals surface area contributed by atoms with Crippen molar-refractivity contribution in [3.63, 3.8) is 0 Å². The van der Waals surface area contributed by atoms with E-state index in [1.54, 1.807) is 6.20 Å². The van der Waals surface area contributed by atoms with Crippen molar-refractivity contribution in [3.05, 3.63) is 12.0 Å². The van der Waals surface area contributed by atoms with E-state index in [2.05, 4.69) is 9.97 Å². The first-order valence-electron chi connectivity index (χ1n) is 2.82. The summed E-state index contributed by atoms with van der Waals surface area (Å²) >= 11 is 0. The van der Waals surface area contributed by atoms with E-state index in [0.29, 0.717) is 12.4 Å². The van der Waals surface area contributed by atoms with Gasteiger partial charge in [0.05, 0.1) is 6.20 Å². The Morgan fingerprint density at radius 2 is 2.44 bits per heavy atom. The van der Waals surface area contributed by atoms with Crippen molar-refractivity contribution in [2.24, 2.45) is 5.73 Å². The van der Waals surface area contributed by atoms with Crippen LogP contribution in [-0.4, -0.2) is 16.5 Å². The highest BCUT2D eigenvalue weighted by Crippen LogP contribution is 1.96. The molecule has 9 heavy (non-hydrogen) atoms. The van der Waals surface area contributed by atoms with E-state index in [1.165, 1.54) is 0 Å². The third-order valence-corrected chi connectivity index (χ3v) is 1.03. The molecule has 1 heterocycles. The van der Waals surface area contributed by atoms with Crippen LogP contribution in [0.3, 0.4) is 0 Å². The molecule has 5 N–H and O–H groups in total. The second-order valence-electron chi connectivity index (χ2n) is 1.82. The standard InChI is InChI=1S/C5H10N4/c6-2-1-5-8-3-4(7)9-5/h3H,1-2,6-7H2,(H,8,9). The maximum absolute atomic E-state index is 5.35. The highest BCUT2D eigenvalue weighted by atomic mass is 15.0. The monoisotopic (exact) mass is 126 g/mol. The number of rotatable bonds is 2. The maximum Gasteiger partial charge on any atom is 0.120 e. The predicted octanol–water partition coefficient (Wildman–Crippen LogP) is -0.507. The quantitative estimate of drug-likeness (QED) is 0.499. The summed E-state index contributed by atoms with van der Waals surface area (Å²) in [6, 6.07) is 0. The van der Waals surface area contributed by atoms with Crippen LogP contribution in [0.5, 0.6) is 0 Å². The summed E-state index contributed by atoms with van der Waals surface area (Å²) in [5.41, 5.74) is 10.6. The Morgan fingerprint density at radius 1 is 1.67 bits per heavy atom. The molecule has 0 aliphatic heterocycles. The molecular formula is C5H10N4. The lowest BCUT2D eigenvalue weighted by atomic mass is 10.4. The molecule has 0 bridgehead atoms. The fourth-order valence-electron chi connectivity index (χ4n) is 0.642. The Bertz CT molecular complexity index is 181. The molecule has 4 nitrogen and oxygen atoms in total. The van der Waals surface area contributed by atoms with Crippen LogP contribution in [-0.2, 0) is 6.42 Å². The van der Waals surface area contributed by atoms with Crippen molar-refractivity contribution in [2.75, 3.05) is 12.3 Å². The van der Waals surface area contributed by atoms with Crippen molar-refractivity contribution >= 4 is 5.82 Å². The van der Waals surface area contributed by atoms with Crippen LogP contribution in [0.4, 0.5) is 5.82 Å². The number of nitrogens with one attached hydrogen (secondary N) is 1. The van der Waals surface area contributed by atoms with Gasteiger partial charge in [0.2, 0.25) is 0 Å². The van der Waals surface area contributed by atoms with Crippen LogP contribution < -0.4 is 11.5 Å². The Balaban J connectivity index is 2.61. The lowest BCUT2D eigenvalue weighted by molar-refractivity contribution is 0.895. The molecule has 0 unspecified atom stereocenters. The van der Waals surface area contributed by atoms with E-state index in [9.17, 15) is 0 Å². The molecule has 1 aromatic rings. The van der Waals surface area contributed by atoms with Crippen molar-refractivity contribution < 1.29 is 0 Å². The Kier molecular flexibility index (Phi) is 1.69. The first-order chi connectivity index (χ1) is 4.33. The minimum atomic E-state index is 0.596. The summed E-state index contributed by atoms with van der Waals surface area (Å²) < 4.78 is 0. The molecule has 0 aromatic carbocycles. The van der Waals surface area contributed by atoms with E-state index in [0.717, 1.165) is 12.2 Å². The van der Waals surface area contributed by atoms with Gasteiger partial charge in [-0.25, -0.2) is 4.98 Å². The van der Waals surface area contributed by atoms with Crippen molar-refractivity contribution in [1.82, 2.24) is 9.97 Å². The average molecular weight is 126 g/mol. The Labute approximate surface area is 53.3 Å². The molecule has 0 saturated carbocycles. The van der Waals surface area contributed by atoms with Gasteiger partial charge in [-0.2, -0.15) is 0 Å². The second-order valence-corrected chi connectivity index (χ2v) is 1.82. The van der Waals surface area contributed by atoms with Gasteiger partial charge in [-0.3, -0.25) is 0 Å². The van der Waals surface area contributed by atoms with E-state index < -0.39 is 0 Å². The molecule has 0 spiro atoms. The number of nitrogens with zero attached hydrogens (tertiary/aromatic N) is 1. The normalized spacial score (nSPS) is 9.89. The molecule has 1 aromatic heterocycles. The molecule has 0 atom stereocenters. The summed E-state index contributed by atoms with van der Waals surface area (Å²) in [7, 11) is 0. The predicted molar refractivity (Wildman–Crippen MR) is 35.8 cm³/mol. The first-order valence-corrected chi connectivity index (χ1v) is 2.82. The zero-order valence-electron chi connectivity index (χ0n) is 5.09. The maximum atomic E-state index is 5.35. The molecule has 4 heteroatoms. The Morgan fingerprint density at radius 3 is 2.89 bits per heavy atom. The van der Waals surface area contributed by atoms with Gasteiger partial charge in [-0.15, -0.1) is 0 Å². The number of hydrogen-bond donors (Lipinski definition) is 3. The molecule has 1 rings (SSSR count). The van der Waals surface area contributed by atoms with Gasteiger partial charge in [-0.1, -0.05) is 0 Å². The molecular weight excluding hydrogens is 116 g/mol. The summed E-state index contributed by atoms with van der Waals surface area (Å²) in [4.78, 5) is 6.81. The number of aromatic nitrogens is 2. The summed E-state index contributed by atoms with van der Waals surface area (Å²) in [5, 5.41) is 0. The Hall–Kier alpha value is -1.03. The zero-order valence-corrected chi connectivity index (χ0v) is 5.09. The highest BCUT2D eigenvalue weighted by molar-refractivity contribution is 5.24. The van der Waals surface area contributed by atoms with Gasteiger partial charge in [-0.05, 0) is 6.54 Å². The fourth-order valence-corrected chi connectivity index (χ4v) is 0.642. The summed E-state index contributed by atoms with van der Waals surface area (Å²) in [6.45, 7) is 0.604. The molecule has 0 radical (unpaired) electrons. The molecule has 50 valence electrons. The summed E-state index contributed by atoms with van der Waals surface area (Å²) in [6.07, 6.45) is 2.35. The molecule has 0 aliphatic rings. The van der Waals surface area contributed by atoms with Crippen LogP contribution in [0.25, 0.3) is 0 Å². The van der Waals surface area contributed by atoms with E-state index in [1.807, 2.05) is 0 Å². The molecule has 0 saturated heterocycles. The molecule has 0 amide bonds. The number of anilines is 1. The number of H-pyrrole nitrogens is 1. The van der Waals surface area contributed by atoms with E-state index in [4.69, 9.17) is 11.5 Å². The lowest BCUT2D eigenvalue weighted by Crippen LogP contribution is -2.03. The van der Waals surface area contributed by atoms with Gasteiger partial charge < -0.3 is 16.5 Å². The van der Waals surface area contributed by atoms with Gasteiger partial charge in [0.15, 0.2) is 0 Å². The average Bonchev–Trinajstić information content (AvgIpc) is 2.17. The van der Waals surface area contributed by atoms with Gasteiger partial charge in [0.1, 0.15) is 11.6 Å². The van der Waals surface area contributed by atoms with Crippen molar-refractivity contribution in [3.8, 4) is 0 Å². The minimum Gasteiger partial charge on any atom is -0.384 e. The third-order valence-electron chi connectivity index (χ3n) is 1.03. The van der Waals surface area contributed by atoms with Crippen LogP contribution in [0.2, 0.25) is 0 Å². The third kappa shape index (κ3) is 1.43. The minimum absolute atomic E-state index is 0.596. The zero-order chi connectivity index (χ0) is 6.69. The highest BCUT2D eigenvalue weighted by Gasteiger charge is 1.93. The van der Waals surface area contributed by atoms with Gasteiger partial charge in [0, 0.05) is 6.42 Å². The van der Waals surface area contributed by atoms with Crippen molar-refractivity contribution in [2.45, 2.75) is 6.42 Å². The largest absolute Gasteiger partial charge is 0.384 e. The second kappa shape index (κ2) is 2.50. The van der Waals surface area contributed by atoms with Crippen LogP contribution in [0.15, 0.2) is 6.20 Å². The van der Waals surface area contributed by atoms with E-state index in [-0.39, 0.29) is 0 Å². The van der Waals surface area contributed by atoms with Crippen LogP contribution in [0.1, 0.15) is 5.82 Å². The fraction of sp³-hybridized carbons (Fsp3) is 0.400. The summed E-state index contributed by atoms with van der Waals surface area (Å²) in [5.74, 6) is 1.45. The SMILES string of the molecule is NCCc1ncc(N)[nH]1. The van der Waals surface area contributed by atoms with Gasteiger partial charge >= 0.3 is 0 Å². The molecule has 0 fully saturated rings. The van der Waals surface area contributed by atoms with Gasteiger partial charge in [0.25, 0.3) is 0 Å². The van der Waals surface area contributed by atoms with Crippen molar-refractivity contribution in [1.29, 1.82) is 0 Å². The van der Waals surface area contributed by atoms with Crippen LogP contribution in [0, 0.1) is 0 Å². The number of nitrogens with two attached hydrogens (primary N) is 2. The number of aromatic amines is 1. The smallest absolute Gasteiger partial charge is 0.120 e. The lowest BCUT2D eigenvalue weighted by Gasteiger charge is -1.87. The first kappa shape index (κ1) is 6.10. The van der Waals surface area contributed by atoms with Crippen LogP contribution >= 0.6 is 0 Å². The van der Waals surface area contributed by atoms with E-state index >= 15 is 0 Å². The number of nitrogen functional groups attached to an aromatic ring is 1.